The summed E-state index contributed by atoms with van der Waals surface area (Å²) < 4.78 is 27.9. The quantitative estimate of drug-likeness (QED) is 0.548. The molecule has 2 heterocycles. The normalized spacial score (nSPS) is 14.6. The second kappa shape index (κ2) is 8.76. The van der Waals surface area contributed by atoms with Gasteiger partial charge in [0.15, 0.2) is 10.9 Å². The summed E-state index contributed by atoms with van der Waals surface area (Å²) in [6.45, 7) is 4.12. The molecule has 0 spiro atoms. The first-order valence-corrected chi connectivity index (χ1v) is 10.0. The largest absolute Gasteiger partial charge is 0.369 e. The van der Waals surface area contributed by atoms with Gasteiger partial charge in [0.05, 0.1) is 11.3 Å². The number of nitrogens with one attached hydrogen (secondary N) is 3. The molecule has 1 aliphatic heterocycles. The molecule has 3 aromatic rings. The molecule has 0 unspecified atom stereocenters. The Bertz CT molecular complexity index is 1010. The lowest BCUT2D eigenvalue weighted by Gasteiger charge is -2.34. The van der Waals surface area contributed by atoms with E-state index in [1.54, 1.807) is 0 Å². The van der Waals surface area contributed by atoms with Gasteiger partial charge < -0.3 is 20.4 Å². The van der Waals surface area contributed by atoms with Crippen LogP contribution in [0.5, 0.6) is 0 Å². The van der Waals surface area contributed by atoms with Crippen LogP contribution in [0.3, 0.4) is 0 Å². The number of rotatable bonds is 4. The van der Waals surface area contributed by atoms with Gasteiger partial charge in [-0.15, -0.1) is 0 Å². The molecule has 0 bridgehead atoms. The van der Waals surface area contributed by atoms with Crippen LogP contribution in [0.25, 0.3) is 11.3 Å². The zero-order chi connectivity index (χ0) is 21.1. The number of benzene rings is 2. The van der Waals surface area contributed by atoms with E-state index in [0.29, 0.717) is 10.9 Å². The van der Waals surface area contributed by atoms with E-state index in [1.807, 2.05) is 12.1 Å². The number of hydrogen-bond acceptors (Lipinski definition) is 4. The third kappa shape index (κ3) is 4.58. The molecule has 6 nitrogen and oxygen atoms in total. The Hall–Kier alpha value is -3.04. The number of piperazine rings is 1. The fourth-order valence-electron chi connectivity index (χ4n) is 3.37. The summed E-state index contributed by atoms with van der Waals surface area (Å²) in [4.78, 5) is 4.67. The highest BCUT2D eigenvalue weighted by molar-refractivity contribution is 7.80. The maximum Gasteiger partial charge on any atom is 0.176 e. The summed E-state index contributed by atoms with van der Waals surface area (Å²) in [5, 5.41) is 13.0. The van der Waals surface area contributed by atoms with Crippen molar-refractivity contribution < 1.29 is 8.78 Å². The average Bonchev–Trinajstić information content (AvgIpc) is 3.17. The van der Waals surface area contributed by atoms with Crippen molar-refractivity contribution in [2.75, 3.05) is 48.8 Å². The summed E-state index contributed by atoms with van der Waals surface area (Å²) in [5.41, 5.74) is 2.08. The summed E-state index contributed by atoms with van der Waals surface area (Å²) in [6.07, 6.45) is 0. The zero-order valence-corrected chi connectivity index (χ0v) is 17.3. The van der Waals surface area contributed by atoms with Gasteiger partial charge >= 0.3 is 0 Å². The number of anilines is 3. The number of nitrogens with zero attached hydrogens (tertiary/aromatic N) is 3. The molecule has 30 heavy (non-hydrogen) atoms. The van der Waals surface area contributed by atoms with E-state index in [4.69, 9.17) is 12.2 Å². The number of aromatic amines is 1. The molecule has 4 rings (SSSR count). The minimum absolute atomic E-state index is 0.156. The molecule has 0 saturated carbocycles. The molecule has 1 aromatic heterocycles. The molecule has 0 atom stereocenters. The van der Waals surface area contributed by atoms with Crippen LogP contribution >= 0.6 is 12.2 Å². The minimum atomic E-state index is -0.661. The van der Waals surface area contributed by atoms with Crippen molar-refractivity contribution >= 4 is 34.5 Å². The van der Waals surface area contributed by atoms with Crippen LogP contribution in [0, 0.1) is 11.6 Å². The number of halogens is 2. The predicted molar refractivity (Wildman–Crippen MR) is 120 cm³/mol. The monoisotopic (exact) mass is 428 g/mol. The molecule has 0 aliphatic carbocycles. The van der Waals surface area contributed by atoms with Crippen molar-refractivity contribution in [1.29, 1.82) is 0 Å². The van der Waals surface area contributed by atoms with Gasteiger partial charge in [-0.05, 0) is 55.7 Å². The minimum Gasteiger partial charge on any atom is -0.369 e. The molecular formula is C21H22F2N6S. The fraction of sp³-hybridized carbons (Fsp3) is 0.238. The van der Waals surface area contributed by atoms with Crippen LogP contribution in [-0.4, -0.2) is 53.4 Å². The topological polar surface area (TPSA) is 59.2 Å². The molecule has 156 valence electrons. The van der Waals surface area contributed by atoms with Crippen molar-refractivity contribution in [1.82, 2.24) is 15.1 Å². The van der Waals surface area contributed by atoms with Gasteiger partial charge in [0.1, 0.15) is 11.6 Å². The van der Waals surface area contributed by atoms with Crippen molar-refractivity contribution in [2.24, 2.45) is 0 Å². The Labute approximate surface area is 178 Å². The summed E-state index contributed by atoms with van der Waals surface area (Å²) in [7, 11) is 2.13. The number of likely N-dealkylation sites (N-methyl/N-ethyl adjacent to an activating group) is 1. The highest BCUT2D eigenvalue weighted by Gasteiger charge is 2.15. The lowest BCUT2D eigenvalue weighted by molar-refractivity contribution is 0.313. The Morgan fingerprint density at radius 1 is 1.00 bits per heavy atom. The molecule has 2 aromatic carbocycles. The van der Waals surface area contributed by atoms with Crippen LogP contribution in [0.15, 0.2) is 48.5 Å². The lowest BCUT2D eigenvalue weighted by atomic mass is 10.1. The molecule has 0 radical (unpaired) electrons. The Morgan fingerprint density at radius 2 is 1.67 bits per heavy atom. The number of H-pyrrole nitrogens is 1. The van der Waals surface area contributed by atoms with E-state index in [0.717, 1.165) is 31.9 Å². The third-order valence-electron chi connectivity index (χ3n) is 5.05. The fourth-order valence-corrected chi connectivity index (χ4v) is 3.59. The smallest absolute Gasteiger partial charge is 0.176 e. The summed E-state index contributed by atoms with van der Waals surface area (Å²) in [6, 6.07) is 13.3. The van der Waals surface area contributed by atoms with Crippen molar-refractivity contribution in [2.45, 2.75) is 0 Å². The van der Waals surface area contributed by atoms with Crippen LogP contribution in [0.2, 0.25) is 0 Å². The van der Waals surface area contributed by atoms with Crippen molar-refractivity contribution in [3.63, 3.8) is 0 Å². The summed E-state index contributed by atoms with van der Waals surface area (Å²) >= 11 is 5.33. The first kappa shape index (κ1) is 20.2. The number of hydrogen-bond donors (Lipinski definition) is 3. The second-order valence-electron chi connectivity index (χ2n) is 7.18. The van der Waals surface area contributed by atoms with E-state index in [-0.39, 0.29) is 11.3 Å². The van der Waals surface area contributed by atoms with Crippen molar-refractivity contribution in [3.8, 4) is 11.3 Å². The average molecular weight is 429 g/mol. The van der Waals surface area contributed by atoms with E-state index in [9.17, 15) is 8.78 Å². The molecule has 9 heteroatoms. The zero-order valence-electron chi connectivity index (χ0n) is 16.5. The van der Waals surface area contributed by atoms with Crippen LogP contribution in [-0.2, 0) is 0 Å². The highest BCUT2D eigenvalue weighted by atomic mass is 32.1. The molecule has 3 N–H and O–H groups in total. The van der Waals surface area contributed by atoms with Crippen LogP contribution < -0.4 is 15.5 Å². The first-order valence-electron chi connectivity index (χ1n) is 9.61. The SMILES string of the molecule is CN1CCN(c2ccc(NC(=S)Nc3cc(-c4c(F)cccc4F)[nH]n3)cc2)CC1. The van der Waals surface area contributed by atoms with Crippen LogP contribution in [0.4, 0.5) is 26.0 Å². The molecule has 0 amide bonds. The van der Waals surface area contributed by atoms with E-state index < -0.39 is 11.6 Å². The Balaban J connectivity index is 1.37. The lowest BCUT2D eigenvalue weighted by Crippen LogP contribution is -2.44. The number of aromatic nitrogens is 2. The maximum absolute atomic E-state index is 13.9. The van der Waals surface area contributed by atoms with Gasteiger partial charge in [-0.25, -0.2) is 8.78 Å². The predicted octanol–water partition coefficient (Wildman–Crippen LogP) is 3.92. The van der Waals surface area contributed by atoms with Crippen molar-refractivity contribution in [3.05, 3.63) is 60.2 Å². The van der Waals surface area contributed by atoms with Gasteiger partial charge in [0.25, 0.3) is 0 Å². The van der Waals surface area contributed by atoms with E-state index >= 15 is 0 Å². The first-order chi connectivity index (χ1) is 14.5. The van der Waals surface area contributed by atoms with E-state index in [1.165, 1.54) is 30.0 Å². The van der Waals surface area contributed by atoms with Gasteiger partial charge in [0, 0.05) is 43.6 Å². The second-order valence-corrected chi connectivity index (χ2v) is 7.59. The van der Waals surface area contributed by atoms with Gasteiger partial charge in [-0.2, -0.15) is 5.10 Å². The summed E-state index contributed by atoms with van der Waals surface area (Å²) in [5.74, 6) is -0.961. The molecule has 1 aliphatic rings. The maximum atomic E-state index is 13.9. The molecular weight excluding hydrogens is 406 g/mol. The number of thiocarbonyl (C=S) groups is 1. The van der Waals surface area contributed by atoms with Gasteiger partial charge in [-0.3, -0.25) is 5.10 Å². The molecule has 1 saturated heterocycles. The Morgan fingerprint density at radius 3 is 2.33 bits per heavy atom. The van der Waals surface area contributed by atoms with E-state index in [2.05, 4.69) is 49.8 Å². The van der Waals surface area contributed by atoms with Gasteiger partial charge in [-0.1, -0.05) is 6.07 Å². The third-order valence-corrected chi connectivity index (χ3v) is 5.25. The highest BCUT2D eigenvalue weighted by Crippen LogP contribution is 2.26. The molecule has 1 fully saturated rings. The standard InChI is InChI=1S/C21H22F2N6S/c1-28-9-11-29(12-10-28)15-7-5-14(6-8-15)24-21(30)25-19-13-18(26-27-19)20-16(22)3-2-4-17(20)23/h2-8,13H,9-12H2,1H3,(H3,24,25,26,27,30). The van der Waals surface area contributed by atoms with Crippen LogP contribution in [0.1, 0.15) is 0 Å². The van der Waals surface area contributed by atoms with Gasteiger partial charge in [0.2, 0.25) is 0 Å². The Kier molecular flexibility index (Phi) is 5.91.